The molecule has 5 rings (SSSR count). The van der Waals surface area contributed by atoms with Crippen LogP contribution in [0.5, 0.6) is 11.5 Å². The van der Waals surface area contributed by atoms with Crippen molar-refractivity contribution in [2.75, 3.05) is 13.7 Å². The van der Waals surface area contributed by atoms with Gasteiger partial charge in [-0.05, 0) is 71.4 Å². The molecule has 220 valence electrons. The summed E-state index contributed by atoms with van der Waals surface area (Å²) in [5, 5.41) is 12.5. The molecule has 2 aliphatic carbocycles. The summed E-state index contributed by atoms with van der Waals surface area (Å²) in [5.41, 5.74) is 7.69. The number of hydrogen-bond donors (Lipinski definition) is 3. The minimum Gasteiger partial charge on any atom is -0.493 e. The number of aliphatic carboxylic acids is 1. The number of carboxylic acid groups (broad SMARTS) is 1. The maximum Gasteiger partial charge on any atom is 0.306 e. The third-order valence-corrected chi connectivity index (χ3v) is 10.3. The molecule has 1 aromatic carbocycles. The third-order valence-electron chi connectivity index (χ3n) is 10.3. The Balaban J connectivity index is 1.42. The fourth-order valence-corrected chi connectivity index (χ4v) is 8.72. The minimum atomic E-state index is -0.891. The Bertz CT molecular complexity index is 1240. The number of nitrogens with one attached hydrogen (secondary N) is 1. The van der Waals surface area contributed by atoms with E-state index in [1.807, 2.05) is 19.9 Å². The van der Waals surface area contributed by atoms with E-state index >= 15 is 0 Å². The Morgan fingerprint density at radius 2 is 1.93 bits per heavy atom. The molecule has 2 unspecified atom stereocenters. The van der Waals surface area contributed by atoms with Gasteiger partial charge in [-0.3, -0.25) is 19.3 Å². The van der Waals surface area contributed by atoms with Crippen molar-refractivity contribution in [3.05, 3.63) is 23.3 Å². The number of benzene rings is 1. The number of piperidine rings is 1. The number of hydrogen-bond acceptors (Lipinski definition) is 7. The van der Waals surface area contributed by atoms with Gasteiger partial charge in [0.25, 0.3) is 0 Å². The number of ketones is 1. The molecule has 1 saturated carbocycles. The number of carboxylic acids is 1. The molecule has 2 fully saturated rings. The van der Waals surface area contributed by atoms with Crippen LogP contribution in [-0.2, 0) is 26.2 Å². The largest absolute Gasteiger partial charge is 0.493 e. The number of amides is 1. The minimum absolute atomic E-state index is 0.00383. The molecular formula is C31H45N3O6. The van der Waals surface area contributed by atoms with Gasteiger partial charge in [0.2, 0.25) is 5.91 Å². The normalized spacial score (nSPS) is 30.6. The van der Waals surface area contributed by atoms with E-state index in [-0.39, 0.29) is 23.3 Å². The molecule has 0 radical (unpaired) electrons. The second kappa shape index (κ2) is 9.44. The molecule has 4 N–H and O–H groups in total. The highest BCUT2D eigenvalue weighted by Gasteiger charge is 2.72. The lowest BCUT2D eigenvalue weighted by molar-refractivity contribution is -0.146. The molecule has 2 heterocycles. The summed E-state index contributed by atoms with van der Waals surface area (Å²) in [6.45, 7) is 12.7. The number of nitrogens with zero attached hydrogens (tertiary/aromatic N) is 1. The first kappa shape index (κ1) is 28.9. The van der Waals surface area contributed by atoms with E-state index in [0.29, 0.717) is 43.6 Å². The van der Waals surface area contributed by atoms with Gasteiger partial charge in [0.1, 0.15) is 0 Å². The Labute approximate surface area is 237 Å². The number of ether oxygens (including phenoxy) is 2. The van der Waals surface area contributed by atoms with Crippen LogP contribution < -0.4 is 20.5 Å². The first-order valence-corrected chi connectivity index (χ1v) is 14.6. The van der Waals surface area contributed by atoms with E-state index in [1.54, 1.807) is 21.0 Å². The number of carbonyl (C=O) groups is 3. The zero-order valence-corrected chi connectivity index (χ0v) is 24.9. The summed E-state index contributed by atoms with van der Waals surface area (Å²) in [6, 6.07) is 4.05. The Morgan fingerprint density at radius 3 is 2.58 bits per heavy atom. The van der Waals surface area contributed by atoms with Gasteiger partial charge in [-0.1, -0.05) is 19.9 Å². The van der Waals surface area contributed by atoms with Crippen molar-refractivity contribution < 1.29 is 29.0 Å². The van der Waals surface area contributed by atoms with Crippen molar-refractivity contribution >= 4 is 17.7 Å². The topological polar surface area (TPSA) is 131 Å². The van der Waals surface area contributed by atoms with Crippen LogP contribution in [0.2, 0.25) is 0 Å². The number of rotatable bonds is 9. The van der Waals surface area contributed by atoms with Crippen molar-refractivity contribution in [1.82, 2.24) is 10.2 Å². The number of likely N-dealkylation sites (tertiary alicyclic amines) is 1. The lowest BCUT2D eigenvalue weighted by Gasteiger charge is -2.66. The quantitative estimate of drug-likeness (QED) is 0.423. The van der Waals surface area contributed by atoms with Crippen LogP contribution >= 0.6 is 0 Å². The van der Waals surface area contributed by atoms with Gasteiger partial charge in [0.05, 0.1) is 18.4 Å². The number of nitrogens with two attached hydrogens (primary N) is 1. The van der Waals surface area contributed by atoms with E-state index in [2.05, 4.69) is 30.1 Å². The van der Waals surface area contributed by atoms with Crippen LogP contribution in [0.1, 0.15) is 84.8 Å². The summed E-state index contributed by atoms with van der Waals surface area (Å²) in [4.78, 5) is 40.1. The Kier molecular flexibility index (Phi) is 6.82. The van der Waals surface area contributed by atoms with Crippen molar-refractivity contribution in [3.63, 3.8) is 0 Å². The fourth-order valence-electron chi connectivity index (χ4n) is 8.72. The van der Waals surface area contributed by atoms with Gasteiger partial charge >= 0.3 is 5.97 Å². The van der Waals surface area contributed by atoms with E-state index < -0.39 is 40.4 Å². The summed E-state index contributed by atoms with van der Waals surface area (Å²) in [7, 11) is 1.63. The van der Waals surface area contributed by atoms with E-state index in [0.717, 1.165) is 18.5 Å². The maximum atomic E-state index is 13.3. The van der Waals surface area contributed by atoms with Crippen LogP contribution in [0.3, 0.4) is 0 Å². The molecule has 1 spiro atoms. The smallest absolute Gasteiger partial charge is 0.306 e. The van der Waals surface area contributed by atoms with Crippen LogP contribution in [0.4, 0.5) is 0 Å². The fraction of sp³-hybridized carbons (Fsp3) is 0.710. The highest BCUT2D eigenvalue weighted by molar-refractivity contribution is 5.90. The maximum absolute atomic E-state index is 13.3. The lowest BCUT2D eigenvalue weighted by Crippen LogP contribution is -2.82. The zero-order valence-electron chi connectivity index (χ0n) is 24.9. The predicted molar refractivity (Wildman–Crippen MR) is 151 cm³/mol. The molecule has 2 bridgehead atoms. The van der Waals surface area contributed by atoms with Crippen LogP contribution in [0.15, 0.2) is 12.1 Å². The Morgan fingerprint density at radius 1 is 1.23 bits per heavy atom. The van der Waals surface area contributed by atoms with Crippen molar-refractivity contribution in [2.24, 2.45) is 17.6 Å². The molecule has 6 atom stereocenters. The average Bonchev–Trinajstić information content (AvgIpc) is 3.20. The molecule has 1 saturated heterocycles. The molecule has 9 heteroatoms. The van der Waals surface area contributed by atoms with Crippen LogP contribution in [-0.4, -0.2) is 70.1 Å². The second-order valence-corrected chi connectivity index (χ2v) is 14.0. The summed E-state index contributed by atoms with van der Waals surface area (Å²) < 4.78 is 12.1. The van der Waals surface area contributed by atoms with E-state index in [1.165, 1.54) is 5.56 Å². The van der Waals surface area contributed by atoms with Gasteiger partial charge in [-0.2, -0.15) is 0 Å². The first-order chi connectivity index (χ1) is 18.6. The molecule has 4 aliphatic rings. The summed E-state index contributed by atoms with van der Waals surface area (Å²) >= 11 is 0. The monoisotopic (exact) mass is 555 g/mol. The zero-order chi connectivity index (χ0) is 29.4. The Hall–Kier alpha value is -2.65. The average molecular weight is 556 g/mol. The van der Waals surface area contributed by atoms with Gasteiger partial charge in [-0.25, -0.2) is 0 Å². The van der Waals surface area contributed by atoms with Gasteiger partial charge in [0.15, 0.2) is 23.4 Å². The van der Waals surface area contributed by atoms with Crippen molar-refractivity contribution in [3.8, 4) is 11.5 Å². The molecular weight excluding hydrogens is 510 g/mol. The molecule has 0 aromatic heterocycles. The van der Waals surface area contributed by atoms with Gasteiger partial charge < -0.3 is 25.6 Å². The highest BCUT2D eigenvalue weighted by Crippen LogP contribution is 2.64. The van der Waals surface area contributed by atoms with E-state index in [4.69, 9.17) is 15.2 Å². The molecule has 1 amide bonds. The van der Waals surface area contributed by atoms with Crippen molar-refractivity contribution in [2.45, 2.75) is 114 Å². The summed E-state index contributed by atoms with van der Waals surface area (Å²) in [6.07, 6.45) is 2.85. The van der Waals surface area contributed by atoms with Crippen molar-refractivity contribution in [1.29, 1.82) is 0 Å². The predicted octanol–water partition coefficient (Wildman–Crippen LogP) is 3.20. The first-order valence-electron chi connectivity index (χ1n) is 14.6. The number of carbonyl (C=O) groups excluding carboxylic acids is 2. The SMILES string of the molecule is COc1ccc2c3c1O[C@H]1C(=O)CC[C@@]4(N)[C@@H](C2)N(C(C)(C)CC(C)(C)NC(=O)C(C)CC(C)C(=O)O)CC[C@]314. The van der Waals surface area contributed by atoms with E-state index in [9.17, 15) is 19.5 Å². The molecule has 1 aromatic rings. The standard InChI is InChI=1S/C31H45N3O6/c1-17(14-18(2)27(37)38)26(36)33-28(3,4)16-29(5,6)34-13-12-30-23-19-8-9-21(39-7)24(23)40-25(30)20(35)10-11-31(30,32)22(34)15-19/h8-9,17-18,22,25H,10-16,32H2,1-7H3,(H,33,36)(H,37,38)/t17?,18?,22-,25+,30+,31-/m1/s1. The highest BCUT2D eigenvalue weighted by atomic mass is 16.5. The van der Waals surface area contributed by atoms with Crippen LogP contribution in [0, 0.1) is 11.8 Å². The van der Waals surface area contributed by atoms with Crippen LogP contribution in [0.25, 0.3) is 0 Å². The summed E-state index contributed by atoms with van der Waals surface area (Å²) in [5.74, 6) is -0.546. The number of methoxy groups -OCH3 is 1. The van der Waals surface area contributed by atoms with Gasteiger partial charge in [0, 0.05) is 47.1 Å². The third kappa shape index (κ3) is 4.14. The number of Topliss-reactive ketones (excluding diaryl/α,β-unsaturated/α-hetero) is 1. The second-order valence-electron chi connectivity index (χ2n) is 14.0. The molecule has 40 heavy (non-hydrogen) atoms. The van der Waals surface area contributed by atoms with Gasteiger partial charge in [-0.15, -0.1) is 0 Å². The lowest BCUT2D eigenvalue weighted by atomic mass is 9.47. The molecule has 2 aliphatic heterocycles. The molecule has 9 nitrogen and oxygen atoms in total.